The van der Waals surface area contributed by atoms with Gasteiger partial charge in [0.25, 0.3) is 0 Å². The van der Waals surface area contributed by atoms with Crippen molar-refractivity contribution in [1.82, 2.24) is 0 Å². The van der Waals surface area contributed by atoms with E-state index in [1.54, 1.807) is 0 Å². The zero-order valence-corrected chi connectivity index (χ0v) is 9.04. The molecule has 0 bridgehead atoms. The summed E-state index contributed by atoms with van der Waals surface area (Å²) in [5, 5.41) is 0. The molecule has 14 heavy (non-hydrogen) atoms. The molecule has 0 amide bonds. The summed E-state index contributed by atoms with van der Waals surface area (Å²) < 4.78 is 0. The van der Waals surface area contributed by atoms with Gasteiger partial charge in [0.05, 0.1) is 12.1 Å². The van der Waals surface area contributed by atoms with Crippen molar-refractivity contribution >= 4 is 5.78 Å². The van der Waals surface area contributed by atoms with Crippen LogP contribution in [0.3, 0.4) is 0 Å². The summed E-state index contributed by atoms with van der Waals surface area (Å²) in [5.41, 5.74) is 16.7. The Hall–Kier alpha value is -0.450. The van der Waals surface area contributed by atoms with Gasteiger partial charge in [0.1, 0.15) is 0 Å². The summed E-state index contributed by atoms with van der Waals surface area (Å²) in [4.78, 5) is 11.5. The van der Waals surface area contributed by atoms with Gasteiger partial charge >= 0.3 is 0 Å². The lowest BCUT2D eigenvalue weighted by Crippen LogP contribution is -2.43. The quantitative estimate of drug-likeness (QED) is 0.487. The van der Waals surface area contributed by atoms with E-state index in [2.05, 4.69) is 0 Å². The Morgan fingerprint density at radius 1 is 1.14 bits per heavy atom. The minimum atomic E-state index is -0.400. The number of carbonyl (C=O) groups is 1. The molecule has 0 aliphatic carbocycles. The van der Waals surface area contributed by atoms with E-state index in [1.807, 2.05) is 6.92 Å². The van der Waals surface area contributed by atoms with Gasteiger partial charge in [-0.1, -0.05) is 19.8 Å². The molecule has 1 unspecified atom stereocenters. The maximum absolute atomic E-state index is 11.5. The van der Waals surface area contributed by atoms with Gasteiger partial charge in [0, 0.05) is 0 Å². The normalized spacial score (nSPS) is 15.1. The van der Waals surface area contributed by atoms with E-state index in [9.17, 15) is 4.79 Å². The lowest BCUT2D eigenvalue weighted by atomic mass is 9.98. The second kappa shape index (κ2) is 7.91. The summed E-state index contributed by atoms with van der Waals surface area (Å²) in [5.74, 6) is -0.0103. The smallest absolute Gasteiger partial charge is 0.166 e. The van der Waals surface area contributed by atoms with Gasteiger partial charge in [-0.3, -0.25) is 4.79 Å². The molecule has 0 saturated heterocycles. The largest absolute Gasteiger partial charge is 0.330 e. The lowest BCUT2D eigenvalue weighted by molar-refractivity contribution is -0.121. The predicted molar refractivity (Wildman–Crippen MR) is 58.8 cm³/mol. The molecule has 0 aromatic heterocycles. The van der Waals surface area contributed by atoms with Gasteiger partial charge in [-0.15, -0.1) is 0 Å². The van der Waals surface area contributed by atoms with E-state index < -0.39 is 6.04 Å². The first kappa shape index (κ1) is 13.5. The first-order chi connectivity index (χ1) is 6.63. The summed E-state index contributed by atoms with van der Waals surface area (Å²) in [6.07, 6.45) is 4.17. The highest BCUT2D eigenvalue weighted by molar-refractivity contribution is 5.88. The van der Waals surface area contributed by atoms with Gasteiger partial charge in [0.15, 0.2) is 5.78 Å². The molecule has 0 aromatic carbocycles. The molecular weight excluding hydrogens is 178 g/mol. The van der Waals surface area contributed by atoms with E-state index in [0.29, 0.717) is 13.0 Å². The highest BCUT2D eigenvalue weighted by Crippen LogP contribution is 2.03. The van der Waals surface area contributed by atoms with Gasteiger partial charge in [-0.05, 0) is 25.8 Å². The third-order valence-electron chi connectivity index (χ3n) is 2.30. The fourth-order valence-corrected chi connectivity index (χ4v) is 1.38. The Morgan fingerprint density at radius 2 is 1.71 bits per heavy atom. The monoisotopic (exact) mass is 201 g/mol. The molecule has 0 spiro atoms. The van der Waals surface area contributed by atoms with Crippen molar-refractivity contribution in [3.8, 4) is 0 Å². The molecule has 4 nitrogen and oxygen atoms in total. The van der Waals surface area contributed by atoms with Crippen molar-refractivity contribution in [3.05, 3.63) is 0 Å². The van der Waals surface area contributed by atoms with E-state index in [1.165, 1.54) is 0 Å². The van der Waals surface area contributed by atoms with Crippen LogP contribution in [0.5, 0.6) is 0 Å². The van der Waals surface area contributed by atoms with Crippen LogP contribution in [0.2, 0.25) is 0 Å². The lowest BCUT2D eigenvalue weighted by Gasteiger charge is -2.15. The van der Waals surface area contributed by atoms with Crippen LogP contribution in [0.15, 0.2) is 0 Å². The maximum Gasteiger partial charge on any atom is 0.166 e. The van der Waals surface area contributed by atoms with Crippen LogP contribution in [0.1, 0.15) is 39.0 Å². The van der Waals surface area contributed by atoms with Crippen molar-refractivity contribution < 1.29 is 4.79 Å². The molecule has 0 aromatic rings. The van der Waals surface area contributed by atoms with Gasteiger partial charge < -0.3 is 17.2 Å². The van der Waals surface area contributed by atoms with Crippen LogP contribution in [-0.2, 0) is 4.79 Å². The highest BCUT2D eigenvalue weighted by atomic mass is 16.1. The number of hydrogen-bond donors (Lipinski definition) is 3. The standard InChI is InChI=1S/C10H23N3O/c1-2-5-8(12)10(14)9(13)6-3-4-7-11/h8-9H,2-7,11-13H2,1H3/t8?,9-/m0/s1. The first-order valence-electron chi connectivity index (χ1n) is 5.38. The van der Waals surface area contributed by atoms with Gasteiger partial charge in [0.2, 0.25) is 0 Å². The SMILES string of the molecule is CCCC(N)C(=O)[C@@H](N)CCCCN. The first-order valence-corrected chi connectivity index (χ1v) is 5.38. The van der Waals surface area contributed by atoms with Gasteiger partial charge in [-0.25, -0.2) is 0 Å². The zero-order valence-electron chi connectivity index (χ0n) is 9.04. The third-order valence-corrected chi connectivity index (χ3v) is 2.30. The topological polar surface area (TPSA) is 95.1 Å². The molecule has 0 aliphatic rings. The van der Waals surface area contributed by atoms with E-state index in [4.69, 9.17) is 17.2 Å². The molecule has 6 N–H and O–H groups in total. The molecule has 84 valence electrons. The fraction of sp³-hybridized carbons (Fsp3) is 0.900. The molecular formula is C10H23N3O. The number of hydrogen-bond acceptors (Lipinski definition) is 4. The summed E-state index contributed by atoms with van der Waals surface area (Å²) in [6.45, 7) is 2.66. The second-order valence-electron chi connectivity index (χ2n) is 3.69. The van der Waals surface area contributed by atoms with Crippen LogP contribution in [0, 0.1) is 0 Å². The van der Waals surface area contributed by atoms with E-state index in [-0.39, 0.29) is 11.8 Å². The van der Waals surface area contributed by atoms with Gasteiger partial charge in [-0.2, -0.15) is 0 Å². The van der Waals surface area contributed by atoms with E-state index in [0.717, 1.165) is 25.7 Å². The molecule has 0 fully saturated rings. The average Bonchev–Trinajstić information content (AvgIpc) is 2.17. The minimum Gasteiger partial charge on any atom is -0.330 e. The highest BCUT2D eigenvalue weighted by Gasteiger charge is 2.19. The maximum atomic E-state index is 11.5. The van der Waals surface area contributed by atoms with Crippen LogP contribution >= 0.6 is 0 Å². The fourth-order valence-electron chi connectivity index (χ4n) is 1.38. The number of rotatable bonds is 8. The molecule has 0 saturated carbocycles. The Balaban J connectivity index is 3.74. The van der Waals surface area contributed by atoms with Crippen molar-refractivity contribution in [2.45, 2.75) is 51.1 Å². The molecule has 4 heteroatoms. The number of unbranched alkanes of at least 4 members (excludes halogenated alkanes) is 1. The second-order valence-corrected chi connectivity index (χ2v) is 3.69. The summed E-state index contributed by atoms with van der Waals surface area (Å²) >= 11 is 0. The minimum absolute atomic E-state index is 0.0103. The molecule has 0 radical (unpaired) electrons. The van der Waals surface area contributed by atoms with Crippen LogP contribution in [-0.4, -0.2) is 24.4 Å². The van der Waals surface area contributed by atoms with E-state index >= 15 is 0 Å². The Labute approximate surface area is 86.2 Å². The summed E-state index contributed by atoms with van der Waals surface area (Å²) in [6, 6.07) is -0.782. The Bertz CT molecular complexity index is 161. The van der Waals surface area contributed by atoms with Crippen molar-refractivity contribution in [2.24, 2.45) is 17.2 Å². The van der Waals surface area contributed by atoms with Crippen LogP contribution in [0.4, 0.5) is 0 Å². The predicted octanol–water partition coefficient (Wildman–Crippen LogP) is 0.139. The average molecular weight is 201 g/mol. The van der Waals surface area contributed by atoms with Crippen LogP contribution in [0.25, 0.3) is 0 Å². The number of ketones is 1. The molecule has 0 aliphatic heterocycles. The molecule has 0 heterocycles. The van der Waals surface area contributed by atoms with Crippen molar-refractivity contribution in [2.75, 3.05) is 6.54 Å². The zero-order chi connectivity index (χ0) is 11.0. The third kappa shape index (κ3) is 5.32. The van der Waals surface area contributed by atoms with Crippen LogP contribution < -0.4 is 17.2 Å². The number of nitrogens with two attached hydrogens (primary N) is 3. The molecule has 0 rings (SSSR count). The van der Waals surface area contributed by atoms with Crippen molar-refractivity contribution in [1.29, 1.82) is 0 Å². The Kier molecular flexibility index (Phi) is 7.65. The number of Topliss-reactive ketones (excluding diaryl/α,β-unsaturated/α-hetero) is 1. The Morgan fingerprint density at radius 3 is 2.21 bits per heavy atom. The summed E-state index contributed by atoms with van der Waals surface area (Å²) in [7, 11) is 0. The number of carbonyl (C=O) groups excluding carboxylic acids is 1. The molecule has 2 atom stereocenters. The van der Waals surface area contributed by atoms with Crippen molar-refractivity contribution in [3.63, 3.8) is 0 Å².